The molecule has 1 aromatic heterocycles. The molecule has 132 valence electrons. The number of para-hydroxylation sites is 1. The highest BCUT2D eigenvalue weighted by Crippen LogP contribution is 2.55. The van der Waals surface area contributed by atoms with Gasteiger partial charge >= 0.3 is 6.03 Å². The number of anilines is 1. The van der Waals surface area contributed by atoms with Crippen molar-refractivity contribution >= 4 is 11.7 Å². The summed E-state index contributed by atoms with van der Waals surface area (Å²) in [5, 5.41) is 9.61. The van der Waals surface area contributed by atoms with Crippen LogP contribution in [0.1, 0.15) is 43.4 Å². The van der Waals surface area contributed by atoms with Crippen LogP contribution in [-0.4, -0.2) is 21.4 Å². The van der Waals surface area contributed by atoms with Crippen LogP contribution in [0.4, 0.5) is 19.3 Å². The van der Waals surface area contributed by atoms with E-state index >= 15 is 0 Å². The first-order valence-corrected chi connectivity index (χ1v) is 8.51. The molecule has 4 rings (SSSR count). The lowest BCUT2D eigenvalue weighted by Crippen LogP contribution is -2.39. The minimum Gasteiger partial charge on any atom is -0.332 e. The van der Waals surface area contributed by atoms with Crippen molar-refractivity contribution < 1.29 is 13.6 Å². The number of nitrogens with one attached hydrogen (secondary N) is 2. The second kappa shape index (κ2) is 5.82. The van der Waals surface area contributed by atoms with Gasteiger partial charge in [-0.2, -0.15) is 5.10 Å². The molecule has 5 nitrogen and oxygen atoms in total. The van der Waals surface area contributed by atoms with E-state index in [-0.39, 0.29) is 16.9 Å². The van der Waals surface area contributed by atoms with Crippen LogP contribution in [0.15, 0.2) is 30.5 Å². The fourth-order valence-electron chi connectivity index (χ4n) is 3.98. The van der Waals surface area contributed by atoms with Gasteiger partial charge in [-0.05, 0) is 43.7 Å². The van der Waals surface area contributed by atoms with Crippen molar-refractivity contribution in [1.82, 2.24) is 15.1 Å². The van der Waals surface area contributed by atoms with E-state index in [1.165, 1.54) is 10.9 Å². The van der Waals surface area contributed by atoms with Crippen LogP contribution < -0.4 is 10.6 Å². The molecule has 2 aliphatic carbocycles. The lowest BCUT2D eigenvalue weighted by atomic mass is 10.2. The molecule has 2 aromatic rings. The average Bonchev–Trinajstić information content (AvgIpc) is 2.91. The Bertz CT molecular complexity index is 819. The molecule has 0 aliphatic heterocycles. The van der Waals surface area contributed by atoms with Gasteiger partial charge in [0.05, 0.1) is 17.6 Å². The van der Waals surface area contributed by atoms with Crippen molar-refractivity contribution in [3.05, 3.63) is 41.7 Å². The Morgan fingerprint density at radius 2 is 2.20 bits per heavy atom. The third-order valence-electron chi connectivity index (χ3n) is 5.37. The van der Waals surface area contributed by atoms with Crippen molar-refractivity contribution in [2.75, 3.05) is 5.32 Å². The lowest BCUT2D eigenvalue weighted by Gasteiger charge is -2.16. The number of carbonyl (C=O) groups is 1. The number of aromatic nitrogens is 2. The van der Waals surface area contributed by atoms with Gasteiger partial charge in [-0.1, -0.05) is 24.6 Å². The first-order valence-electron chi connectivity index (χ1n) is 8.51. The molecule has 2 atom stereocenters. The predicted octanol–water partition coefficient (Wildman–Crippen LogP) is 4.18. The Morgan fingerprint density at radius 1 is 1.40 bits per heavy atom. The Kier molecular flexibility index (Phi) is 3.74. The van der Waals surface area contributed by atoms with E-state index < -0.39 is 12.5 Å². The fourth-order valence-corrected chi connectivity index (χ4v) is 3.98. The van der Waals surface area contributed by atoms with Gasteiger partial charge in [-0.25, -0.2) is 18.3 Å². The molecule has 2 fully saturated rings. The predicted molar refractivity (Wildman–Crippen MR) is 90.1 cm³/mol. The van der Waals surface area contributed by atoms with Crippen LogP contribution in [0.3, 0.4) is 0 Å². The summed E-state index contributed by atoms with van der Waals surface area (Å²) in [6, 6.07) is 6.73. The quantitative estimate of drug-likeness (QED) is 0.872. The van der Waals surface area contributed by atoms with Crippen LogP contribution in [-0.2, 0) is 0 Å². The summed E-state index contributed by atoms with van der Waals surface area (Å²) in [5.41, 5.74) is 1.03. The molecule has 2 amide bonds. The summed E-state index contributed by atoms with van der Waals surface area (Å²) < 4.78 is 28.5. The zero-order valence-electron chi connectivity index (χ0n) is 13.9. The maximum absolute atomic E-state index is 13.6. The minimum atomic E-state index is -2.75. The first kappa shape index (κ1) is 16.1. The molecule has 0 radical (unpaired) electrons. The zero-order chi connectivity index (χ0) is 17.6. The van der Waals surface area contributed by atoms with Crippen LogP contribution in [0, 0.1) is 12.8 Å². The van der Waals surface area contributed by atoms with E-state index in [1.54, 1.807) is 12.1 Å². The smallest absolute Gasteiger partial charge is 0.319 e. The Morgan fingerprint density at radius 3 is 2.84 bits per heavy atom. The average molecular weight is 346 g/mol. The van der Waals surface area contributed by atoms with Gasteiger partial charge in [0, 0.05) is 5.54 Å². The van der Waals surface area contributed by atoms with E-state index in [0.29, 0.717) is 11.6 Å². The van der Waals surface area contributed by atoms with Gasteiger partial charge < -0.3 is 10.6 Å². The van der Waals surface area contributed by atoms with Crippen molar-refractivity contribution in [1.29, 1.82) is 0 Å². The Balaban J connectivity index is 1.58. The van der Waals surface area contributed by atoms with Gasteiger partial charge in [0.25, 0.3) is 6.43 Å². The monoisotopic (exact) mass is 346 g/mol. The van der Waals surface area contributed by atoms with Crippen LogP contribution in [0.5, 0.6) is 0 Å². The maximum atomic E-state index is 13.6. The molecule has 2 saturated carbocycles. The van der Waals surface area contributed by atoms with Gasteiger partial charge in [-0.15, -0.1) is 0 Å². The molecular formula is C18H20F2N4O. The highest BCUT2D eigenvalue weighted by Gasteiger charge is 2.57. The van der Waals surface area contributed by atoms with Crippen molar-refractivity contribution in [3.63, 3.8) is 0 Å². The molecule has 1 heterocycles. The first-order chi connectivity index (χ1) is 12.0. The van der Waals surface area contributed by atoms with Gasteiger partial charge in [-0.3, -0.25) is 0 Å². The lowest BCUT2D eigenvalue weighted by molar-refractivity contribution is 0.143. The third kappa shape index (κ3) is 2.77. The standard InChI is InChI=1S/C18H20F2N4O/c1-11-5-2-3-7-14(11)24-15(16(19)20)13(10-21-24)22-17(25)23-18-8-4-6-12(18)9-18/h2-3,5,7,10,12,16H,4,6,8-9H2,1H3,(H2,22,23,25)/t12-,18-/m1/s1. The summed E-state index contributed by atoms with van der Waals surface area (Å²) in [4.78, 5) is 12.3. The summed E-state index contributed by atoms with van der Waals surface area (Å²) in [6.07, 6.45) is 2.73. The number of carbonyl (C=O) groups excluding carboxylic acids is 1. The highest BCUT2D eigenvalue weighted by molar-refractivity contribution is 5.90. The molecule has 2 N–H and O–H groups in total. The second-order valence-corrected chi connectivity index (χ2v) is 6.97. The summed E-state index contributed by atoms with van der Waals surface area (Å²) in [7, 11) is 0. The molecule has 25 heavy (non-hydrogen) atoms. The number of amides is 2. The number of rotatable bonds is 4. The molecule has 0 saturated heterocycles. The molecule has 0 spiro atoms. The van der Waals surface area contributed by atoms with Crippen LogP contribution in [0.25, 0.3) is 5.69 Å². The topological polar surface area (TPSA) is 59.0 Å². The number of alkyl halides is 2. The number of aryl methyl sites for hydroxylation is 1. The summed E-state index contributed by atoms with van der Waals surface area (Å²) in [5.74, 6) is 0.544. The number of halogens is 2. The number of urea groups is 1. The van der Waals surface area contributed by atoms with Gasteiger partial charge in [0.2, 0.25) is 0 Å². The molecule has 0 bridgehead atoms. The van der Waals surface area contributed by atoms with Crippen molar-refractivity contribution in [2.45, 2.75) is 44.6 Å². The maximum Gasteiger partial charge on any atom is 0.319 e. The Labute approximate surface area is 144 Å². The minimum absolute atomic E-state index is 0.0438. The zero-order valence-corrected chi connectivity index (χ0v) is 13.9. The molecule has 2 aliphatic rings. The Hall–Kier alpha value is -2.44. The van der Waals surface area contributed by atoms with Gasteiger partial charge in [0.15, 0.2) is 0 Å². The molecular weight excluding hydrogens is 326 g/mol. The number of fused-ring (bicyclic) bond motifs is 1. The SMILES string of the molecule is Cc1ccccc1-n1ncc(NC(=O)N[C@@]23CCC[C@@H]2C3)c1C(F)F. The highest BCUT2D eigenvalue weighted by atomic mass is 19.3. The normalized spacial score (nSPS) is 24.2. The summed E-state index contributed by atoms with van der Waals surface area (Å²) in [6.45, 7) is 1.83. The fraction of sp³-hybridized carbons (Fsp3) is 0.444. The second-order valence-electron chi connectivity index (χ2n) is 6.97. The van der Waals surface area contributed by atoms with Crippen LogP contribution in [0.2, 0.25) is 0 Å². The molecule has 7 heteroatoms. The van der Waals surface area contributed by atoms with E-state index in [0.717, 1.165) is 31.2 Å². The van der Waals surface area contributed by atoms with Gasteiger partial charge in [0.1, 0.15) is 5.69 Å². The number of hydrogen-bond acceptors (Lipinski definition) is 2. The molecule has 0 unspecified atom stereocenters. The summed E-state index contributed by atoms with van der Waals surface area (Å²) >= 11 is 0. The van der Waals surface area contributed by atoms with Crippen molar-refractivity contribution in [3.8, 4) is 5.69 Å². The van der Waals surface area contributed by atoms with Crippen LogP contribution >= 0.6 is 0 Å². The number of hydrogen-bond donors (Lipinski definition) is 2. The van der Waals surface area contributed by atoms with E-state index in [9.17, 15) is 13.6 Å². The third-order valence-corrected chi connectivity index (χ3v) is 5.37. The number of benzene rings is 1. The van der Waals surface area contributed by atoms with E-state index in [4.69, 9.17) is 0 Å². The molecule has 1 aromatic carbocycles. The van der Waals surface area contributed by atoms with Crippen molar-refractivity contribution in [2.24, 2.45) is 5.92 Å². The largest absolute Gasteiger partial charge is 0.332 e. The number of nitrogens with zero attached hydrogens (tertiary/aromatic N) is 2. The van der Waals surface area contributed by atoms with E-state index in [2.05, 4.69) is 15.7 Å². The van der Waals surface area contributed by atoms with E-state index in [1.807, 2.05) is 19.1 Å².